The van der Waals surface area contributed by atoms with Crippen LogP contribution in [0.4, 0.5) is 13.2 Å². The van der Waals surface area contributed by atoms with Gasteiger partial charge in [0.25, 0.3) is 0 Å². The number of aromatic nitrogens is 3. The summed E-state index contributed by atoms with van der Waals surface area (Å²) in [4.78, 5) is 4.36. The Morgan fingerprint density at radius 1 is 1.12 bits per heavy atom. The van der Waals surface area contributed by atoms with E-state index < -0.39 is 11.7 Å². The highest BCUT2D eigenvalue weighted by Gasteiger charge is 2.30. The Morgan fingerprint density at radius 3 is 2.56 bits per heavy atom. The highest BCUT2D eigenvalue weighted by atomic mass is 32.2. The Balaban J connectivity index is 1.67. The first-order chi connectivity index (χ1) is 12.0. The fraction of sp³-hybridized carbons (Fsp3) is 0.176. The molecule has 0 unspecified atom stereocenters. The fourth-order valence-corrected chi connectivity index (χ4v) is 2.92. The Kier molecular flexibility index (Phi) is 4.98. The van der Waals surface area contributed by atoms with Gasteiger partial charge in [-0.15, -0.1) is 5.10 Å². The average molecular weight is 365 g/mol. The Hall–Kier alpha value is -2.48. The van der Waals surface area contributed by atoms with Gasteiger partial charge in [-0.1, -0.05) is 30.0 Å². The van der Waals surface area contributed by atoms with Crippen LogP contribution in [-0.4, -0.2) is 22.3 Å². The number of thioether (sulfide) groups is 1. The molecule has 3 aromatic rings. The summed E-state index contributed by atoms with van der Waals surface area (Å²) in [5.41, 5.74) is 0.759. The number of aromatic amines is 1. The molecule has 130 valence electrons. The van der Waals surface area contributed by atoms with Gasteiger partial charge < -0.3 is 4.74 Å². The minimum Gasteiger partial charge on any atom is -0.497 e. The van der Waals surface area contributed by atoms with Gasteiger partial charge >= 0.3 is 6.18 Å². The summed E-state index contributed by atoms with van der Waals surface area (Å²) in [5, 5.41) is 7.40. The predicted octanol–water partition coefficient (Wildman–Crippen LogP) is 4.79. The molecule has 3 rings (SSSR count). The van der Waals surface area contributed by atoms with Crippen LogP contribution in [0.3, 0.4) is 0 Å². The topological polar surface area (TPSA) is 50.8 Å². The summed E-state index contributed by atoms with van der Waals surface area (Å²) in [5.74, 6) is 1.68. The van der Waals surface area contributed by atoms with E-state index in [9.17, 15) is 13.2 Å². The predicted molar refractivity (Wildman–Crippen MR) is 89.4 cm³/mol. The summed E-state index contributed by atoms with van der Waals surface area (Å²) >= 11 is 1.27. The largest absolute Gasteiger partial charge is 0.497 e. The van der Waals surface area contributed by atoms with Gasteiger partial charge in [0.1, 0.15) is 5.75 Å². The molecule has 0 spiro atoms. The summed E-state index contributed by atoms with van der Waals surface area (Å²) in [6, 6.07) is 12.6. The Labute approximate surface area is 146 Å². The minimum absolute atomic E-state index is 0.351. The SMILES string of the molecule is COc1ccc(-c2nc(SCc3cccc(C(F)(F)F)c3)n[nH]2)cc1. The van der Waals surface area contributed by atoms with Gasteiger partial charge in [0.05, 0.1) is 12.7 Å². The lowest BCUT2D eigenvalue weighted by atomic mass is 10.1. The van der Waals surface area contributed by atoms with Crippen LogP contribution in [0.15, 0.2) is 53.7 Å². The molecule has 2 aromatic carbocycles. The summed E-state index contributed by atoms with van der Waals surface area (Å²) < 4.78 is 43.3. The molecular formula is C17H14F3N3OS. The van der Waals surface area contributed by atoms with Gasteiger partial charge in [0.15, 0.2) is 5.82 Å². The number of methoxy groups -OCH3 is 1. The second-order valence-electron chi connectivity index (χ2n) is 5.18. The third kappa shape index (κ3) is 4.33. The molecule has 0 aliphatic rings. The number of benzene rings is 2. The minimum atomic E-state index is -4.34. The molecule has 8 heteroatoms. The summed E-state index contributed by atoms with van der Waals surface area (Å²) in [7, 11) is 1.59. The quantitative estimate of drug-likeness (QED) is 0.661. The molecule has 0 aliphatic carbocycles. The van der Waals surface area contributed by atoms with Gasteiger partial charge in [0, 0.05) is 11.3 Å². The molecule has 0 amide bonds. The molecule has 4 nitrogen and oxygen atoms in total. The normalized spacial score (nSPS) is 11.5. The van der Waals surface area contributed by atoms with Crippen LogP contribution in [0.2, 0.25) is 0 Å². The zero-order valence-corrected chi connectivity index (χ0v) is 14.0. The van der Waals surface area contributed by atoms with E-state index in [-0.39, 0.29) is 0 Å². The number of H-pyrrole nitrogens is 1. The first-order valence-electron chi connectivity index (χ1n) is 7.31. The van der Waals surface area contributed by atoms with Crippen LogP contribution in [0.1, 0.15) is 11.1 Å². The first-order valence-corrected chi connectivity index (χ1v) is 8.30. The molecule has 0 atom stereocenters. The molecule has 0 saturated carbocycles. The number of nitrogens with one attached hydrogen (secondary N) is 1. The number of hydrogen-bond acceptors (Lipinski definition) is 4. The van der Waals surface area contributed by atoms with E-state index in [1.165, 1.54) is 17.8 Å². The van der Waals surface area contributed by atoms with Gasteiger partial charge in [-0.3, -0.25) is 5.10 Å². The molecule has 0 radical (unpaired) electrons. The van der Waals surface area contributed by atoms with Crippen molar-refractivity contribution in [3.63, 3.8) is 0 Å². The third-order valence-electron chi connectivity index (χ3n) is 3.45. The molecule has 1 N–H and O–H groups in total. The van der Waals surface area contributed by atoms with E-state index in [4.69, 9.17) is 4.74 Å². The van der Waals surface area contributed by atoms with Crippen LogP contribution in [0.25, 0.3) is 11.4 Å². The molecule has 0 aliphatic heterocycles. The van der Waals surface area contributed by atoms with Crippen molar-refractivity contribution < 1.29 is 17.9 Å². The third-order valence-corrected chi connectivity index (χ3v) is 4.37. The number of alkyl halides is 3. The van der Waals surface area contributed by atoms with Crippen molar-refractivity contribution in [2.45, 2.75) is 17.1 Å². The molecule has 0 fully saturated rings. The molecule has 25 heavy (non-hydrogen) atoms. The van der Waals surface area contributed by atoms with Crippen LogP contribution in [0.5, 0.6) is 5.75 Å². The van der Waals surface area contributed by atoms with Gasteiger partial charge in [0.2, 0.25) is 5.16 Å². The van der Waals surface area contributed by atoms with Crippen LogP contribution < -0.4 is 4.74 Å². The van der Waals surface area contributed by atoms with Crippen molar-refractivity contribution >= 4 is 11.8 Å². The molecular weight excluding hydrogens is 351 g/mol. The van der Waals surface area contributed by atoms with Crippen LogP contribution in [-0.2, 0) is 11.9 Å². The lowest BCUT2D eigenvalue weighted by molar-refractivity contribution is -0.137. The van der Waals surface area contributed by atoms with Crippen molar-refractivity contribution in [1.29, 1.82) is 0 Å². The summed E-state index contributed by atoms with van der Waals surface area (Å²) in [6.07, 6.45) is -4.34. The van der Waals surface area contributed by atoms with Gasteiger partial charge in [-0.05, 0) is 35.9 Å². The maximum absolute atomic E-state index is 12.7. The maximum Gasteiger partial charge on any atom is 0.416 e. The van der Waals surface area contributed by atoms with E-state index in [0.717, 1.165) is 23.4 Å². The van der Waals surface area contributed by atoms with E-state index in [2.05, 4.69) is 15.2 Å². The van der Waals surface area contributed by atoms with E-state index >= 15 is 0 Å². The Bertz CT molecular complexity index is 847. The van der Waals surface area contributed by atoms with E-state index in [1.54, 1.807) is 13.2 Å². The highest BCUT2D eigenvalue weighted by molar-refractivity contribution is 7.98. The second-order valence-corrected chi connectivity index (χ2v) is 6.12. The monoisotopic (exact) mass is 365 g/mol. The Morgan fingerprint density at radius 2 is 1.88 bits per heavy atom. The lowest BCUT2D eigenvalue weighted by Crippen LogP contribution is -2.04. The molecule has 1 aromatic heterocycles. The van der Waals surface area contributed by atoms with Crippen LogP contribution in [0, 0.1) is 0 Å². The first kappa shape index (κ1) is 17.3. The number of rotatable bonds is 5. The standard InChI is InChI=1S/C17H14F3N3OS/c1-24-14-7-5-12(6-8-14)15-21-16(23-22-15)25-10-11-3-2-4-13(9-11)17(18,19)20/h2-9H,10H2,1H3,(H,21,22,23). The number of halogens is 3. The van der Waals surface area contributed by atoms with Crippen molar-refractivity contribution in [3.8, 4) is 17.1 Å². The zero-order valence-electron chi connectivity index (χ0n) is 13.2. The van der Waals surface area contributed by atoms with Gasteiger partial charge in [-0.2, -0.15) is 13.2 Å². The van der Waals surface area contributed by atoms with Crippen molar-refractivity contribution in [2.75, 3.05) is 7.11 Å². The lowest BCUT2D eigenvalue weighted by Gasteiger charge is -2.07. The smallest absolute Gasteiger partial charge is 0.416 e. The average Bonchev–Trinajstić information content (AvgIpc) is 3.08. The van der Waals surface area contributed by atoms with Crippen molar-refractivity contribution in [2.24, 2.45) is 0 Å². The number of nitrogens with zero attached hydrogens (tertiary/aromatic N) is 2. The fourth-order valence-electron chi connectivity index (χ4n) is 2.17. The summed E-state index contributed by atoms with van der Waals surface area (Å²) in [6.45, 7) is 0. The van der Waals surface area contributed by atoms with E-state index in [0.29, 0.717) is 22.3 Å². The van der Waals surface area contributed by atoms with Crippen molar-refractivity contribution in [1.82, 2.24) is 15.2 Å². The highest BCUT2D eigenvalue weighted by Crippen LogP contribution is 2.31. The van der Waals surface area contributed by atoms with Gasteiger partial charge in [-0.25, -0.2) is 4.98 Å². The molecule has 0 saturated heterocycles. The number of hydrogen-bond donors (Lipinski definition) is 1. The van der Waals surface area contributed by atoms with Crippen LogP contribution >= 0.6 is 11.8 Å². The zero-order chi connectivity index (χ0) is 17.9. The molecule has 1 heterocycles. The number of ether oxygens (including phenoxy) is 1. The molecule has 0 bridgehead atoms. The van der Waals surface area contributed by atoms with E-state index in [1.807, 2.05) is 24.3 Å². The van der Waals surface area contributed by atoms with Crippen molar-refractivity contribution in [3.05, 3.63) is 59.7 Å². The maximum atomic E-state index is 12.7. The second kappa shape index (κ2) is 7.18.